The van der Waals surface area contributed by atoms with E-state index >= 15 is 0 Å². The van der Waals surface area contributed by atoms with E-state index in [1.165, 1.54) is 0 Å². The van der Waals surface area contributed by atoms with Gasteiger partial charge in [-0.15, -0.1) is 11.3 Å². The molecule has 7 heteroatoms. The third kappa shape index (κ3) is 4.67. The number of carbonyl (C=O) groups is 1. The molecule has 2 aromatic rings. The topological polar surface area (TPSA) is 52.6 Å². The number of rotatable bonds is 4. The van der Waals surface area contributed by atoms with Gasteiger partial charge in [0, 0.05) is 34.6 Å². The summed E-state index contributed by atoms with van der Waals surface area (Å²) in [5.41, 5.74) is 0.836. The summed E-state index contributed by atoms with van der Waals surface area (Å²) in [7, 11) is 0. The van der Waals surface area contributed by atoms with Gasteiger partial charge in [-0.2, -0.15) is 0 Å². The lowest BCUT2D eigenvalue weighted by Crippen LogP contribution is -2.44. The number of nitrogens with zero attached hydrogens (tertiary/aromatic N) is 1. The number of urea groups is 1. The highest BCUT2D eigenvalue weighted by Gasteiger charge is 2.28. The van der Waals surface area contributed by atoms with Crippen molar-refractivity contribution in [3.63, 3.8) is 0 Å². The summed E-state index contributed by atoms with van der Waals surface area (Å²) in [6, 6.07) is 9.05. The summed E-state index contributed by atoms with van der Waals surface area (Å²) >= 11 is 13.6. The maximum absolute atomic E-state index is 12.3. The minimum Gasteiger partial charge on any atom is -0.387 e. The average molecular weight is 399 g/mol. The number of amides is 2. The Kier molecular flexibility index (Phi) is 6.23. The van der Waals surface area contributed by atoms with Crippen molar-refractivity contribution in [2.24, 2.45) is 5.92 Å². The van der Waals surface area contributed by atoms with Crippen molar-refractivity contribution in [2.45, 2.75) is 25.5 Å². The lowest BCUT2D eigenvalue weighted by Gasteiger charge is -2.34. The molecule has 1 aliphatic rings. The smallest absolute Gasteiger partial charge is 0.317 e. The maximum Gasteiger partial charge on any atom is 0.317 e. The largest absolute Gasteiger partial charge is 0.387 e. The summed E-state index contributed by atoms with van der Waals surface area (Å²) in [4.78, 5) is 15.1. The lowest BCUT2D eigenvalue weighted by atomic mass is 9.90. The predicted octanol–water partition coefficient (Wildman–Crippen LogP) is 4.71. The van der Waals surface area contributed by atoms with E-state index in [0.717, 1.165) is 23.3 Å². The minimum atomic E-state index is -0.432. The van der Waals surface area contributed by atoms with E-state index in [9.17, 15) is 9.90 Å². The second kappa shape index (κ2) is 8.41. The maximum atomic E-state index is 12.3. The molecule has 4 nitrogen and oxygen atoms in total. The number of halogens is 2. The molecule has 1 aromatic carbocycles. The first-order valence-electron chi connectivity index (χ1n) is 8.23. The average Bonchev–Trinajstić information content (AvgIpc) is 3.15. The Morgan fingerprint density at radius 2 is 2.08 bits per heavy atom. The zero-order chi connectivity index (χ0) is 17.8. The summed E-state index contributed by atoms with van der Waals surface area (Å²) in [5.74, 6) is 0.202. The second-order valence-corrected chi connectivity index (χ2v) is 8.00. The number of nitrogens with one attached hydrogen (secondary N) is 1. The molecule has 2 N–H and O–H groups in total. The number of benzene rings is 1. The van der Waals surface area contributed by atoms with Crippen molar-refractivity contribution in [1.29, 1.82) is 0 Å². The van der Waals surface area contributed by atoms with Crippen LogP contribution in [0.5, 0.6) is 0 Å². The van der Waals surface area contributed by atoms with Crippen LogP contribution in [-0.2, 0) is 6.54 Å². The van der Waals surface area contributed by atoms with Crippen LogP contribution in [0.3, 0.4) is 0 Å². The molecule has 2 heterocycles. The zero-order valence-corrected chi connectivity index (χ0v) is 15.9. The van der Waals surface area contributed by atoms with Crippen LogP contribution >= 0.6 is 34.5 Å². The van der Waals surface area contributed by atoms with E-state index in [1.807, 2.05) is 23.6 Å². The number of carbonyl (C=O) groups excluding carboxylic acids is 1. The molecule has 25 heavy (non-hydrogen) atoms. The highest BCUT2D eigenvalue weighted by Crippen LogP contribution is 2.32. The highest BCUT2D eigenvalue weighted by atomic mass is 35.5. The molecular formula is C18H20Cl2N2O2S. The Labute approximate surface area is 161 Å². The van der Waals surface area contributed by atoms with Crippen molar-refractivity contribution >= 4 is 40.6 Å². The highest BCUT2D eigenvalue weighted by molar-refractivity contribution is 7.10. The van der Waals surface area contributed by atoms with Gasteiger partial charge in [-0.3, -0.25) is 0 Å². The van der Waals surface area contributed by atoms with Crippen LogP contribution in [0.15, 0.2) is 35.7 Å². The molecule has 134 valence electrons. The zero-order valence-electron chi connectivity index (χ0n) is 13.6. The van der Waals surface area contributed by atoms with Crippen LogP contribution in [0, 0.1) is 5.92 Å². The van der Waals surface area contributed by atoms with Crippen molar-refractivity contribution in [1.82, 2.24) is 10.2 Å². The van der Waals surface area contributed by atoms with Gasteiger partial charge in [0.2, 0.25) is 0 Å². The van der Waals surface area contributed by atoms with Crippen LogP contribution in [0.2, 0.25) is 10.0 Å². The molecule has 1 atom stereocenters. The summed E-state index contributed by atoms with van der Waals surface area (Å²) in [6.45, 7) is 1.66. The molecule has 1 fully saturated rings. The van der Waals surface area contributed by atoms with Gasteiger partial charge in [-0.25, -0.2) is 4.79 Å². The first-order valence-corrected chi connectivity index (χ1v) is 9.86. The number of thiophene rings is 1. The van der Waals surface area contributed by atoms with Gasteiger partial charge in [0.25, 0.3) is 0 Å². The van der Waals surface area contributed by atoms with Gasteiger partial charge in [0.1, 0.15) is 0 Å². The lowest BCUT2D eigenvalue weighted by molar-refractivity contribution is 0.0689. The number of hydrogen-bond donors (Lipinski definition) is 2. The minimum absolute atomic E-state index is 0.102. The van der Waals surface area contributed by atoms with Crippen LogP contribution in [0.25, 0.3) is 0 Å². The molecule has 0 radical (unpaired) electrons. The van der Waals surface area contributed by atoms with E-state index in [2.05, 4.69) is 5.32 Å². The molecule has 1 aliphatic heterocycles. The normalized spacial score (nSPS) is 16.7. The van der Waals surface area contributed by atoms with Gasteiger partial charge in [0.15, 0.2) is 0 Å². The number of likely N-dealkylation sites (tertiary alicyclic amines) is 1. The van der Waals surface area contributed by atoms with E-state index in [4.69, 9.17) is 23.2 Å². The van der Waals surface area contributed by atoms with Crippen molar-refractivity contribution in [3.8, 4) is 0 Å². The van der Waals surface area contributed by atoms with Crippen LogP contribution in [0.4, 0.5) is 4.79 Å². The van der Waals surface area contributed by atoms with Crippen LogP contribution in [-0.4, -0.2) is 29.1 Å². The Balaban J connectivity index is 1.48. The van der Waals surface area contributed by atoms with Crippen molar-refractivity contribution in [2.75, 3.05) is 13.1 Å². The van der Waals surface area contributed by atoms with Gasteiger partial charge in [-0.1, -0.05) is 35.3 Å². The van der Waals surface area contributed by atoms with Crippen LogP contribution < -0.4 is 5.32 Å². The molecule has 0 aliphatic carbocycles. The predicted molar refractivity (Wildman–Crippen MR) is 102 cm³/mol. The molecule has 1 saturated heterocycles. The molecule has 2 amide bonds. The van der Waals surface area contributed by atoms with Crippen LogP contribution in [0.1, 0.15) is 29.4 Å². The Morgan fingerprint density at radius 1 is 1.32 bits per heavy atom. The van der Waals surface area contributed by atoms with Gasteiger partial charge in [0.05, 0.1) is 6.10 Å². The molecule has 1 unspecified atom stereocenters. The molecule has 1 aromatic heterocycles. The quantitative estimate of drug-likeness (QED) is 0.783. The molecule has 0 saturated carbocycles. The number of aliphatic hydroxyl groups excluding tert-OH is 1. The molecule has 0 spiro atoms. The third-order valence-electron chi connectivity index (χ3n) is 4.55. The fourth-order valence-corrected chi connectivity index (χ4v) is 4.34. The first kappa shape index (κ1) is 18.5. The van der Waals surface area contributed by atoms with E-state index in [0.29, 0.717) is 29.7 Å². The van der Waals surface area contributed by atoms with E-state index < -0.39 is 6.10 Å². The summed E-state index contributed by atoms with van der Waals surface area (Å²) in [5, 5.41) is 16.4. The third-order valence-corrected chi connectivity index (χ3v) is 6.08. The summed E-state index contributed by atoms with van der Waals surface area (Å²) in [6.07, 6.45) is 1.17. The SMILES string of the molecule is O=C(NCc1ccc(Cl)cc1Cl)N1CCC(C(O)c2cccs2)CC1. The molecular weight excluding hydrogens is 379 g/mol. The second-order valence-electron chi connectivity index (χ2n) is 6.18. The number of piperidine rings is 1. The van der Waals surface area contributed by atoms with E-state index in [-0.39, 0.29) is 11.9 Å². The van der Waals surface area contributed by atoms with Gasteiger partial charge < -0.3 is 15.3 Å². The molecule has 3 rings (SSSR count). The monoisotopic (exact) mass is 398 g/mol. The first-order chi connectivity index (χ1) is 12.0. The Bertz CT molecular complexity index is 716. The summed E-state index contributed by atoms with van der Waals surface area (Å²) < 4.78 is 0. The fourth-order valence-electron chi connectivity index (χ4n) is 3.06. The molecule has 0 bridgehead atoms. The number of hydrogen-bond acceptors (Lipinski definition) is 3. The number of aliphatic hydroxyl groups is 1. The van der Waals surface area contributed by atoms with Crippen molar-refractivity contribution < 1.29 is 9.90 Å². The fraction of sp³-hybridized carbons (Fsp3) is 0.389. The van der Waals surface area contributed by atoms with Crippen molar-refractivity contribution in [3.05, 3.63) is 56.2 Å². The Morgan fingerprint density at radius 3 is 2.72 bits per heavy atom. The van der Waals surface area contributed by atoms with E-state index in [1.54, 1.807) is 28.4 Å². The standard InChI is InChI=1S/C18H20Cl2N2O2S/c19-14-4-3-13(15(20)10-14)11-21-18(24)22-7-5-12(6-8-22)17(23)16-2-1-9-25-16/h1-4,9-10,12,17,23H,5-8,11H2,(H,21,24). The van der Waals surface area contributed by atoms with Gasteiger partial charge >= 0.3 is 6.03 Å². The van der Waals surface area contributed by atoms with Gasteiger partial charge in [-0.05, 0) is 47.9 Å². The Hall–Kier alpha value is -1.27.